The molecule has 0 radical (unpaired) electrons. The van der Waals surface area contributed by atoms with Gasteiger partial charge in [-0.25, -0.2) is 0 Å². The molecule has 0 fully saturated rings. The van der Waals surface area contributed by atoms with E-state index in [2.05, 4.69) is 41.7 Å². The van der Waals surface area contributed by atoms with Gasteiger partial charge in [-0.3, -0.25) is 0 Å². The van der Waals surface area contributed by atoms with Gasteiger partial charge in [0.25, 0.3) is 0 Å². The summed E-state index contributed by atoms with van der Waals surface area (Å²) in [5, 5.41) is 55.5. The number of benzene rings is 6. The summed E-state index contributed by atoms with van der Waals surface area (Å²) in [5.74, 6) is -4.25. The average molecular weight is 568 g/mol. The molecule has 43 heavy (non-hydrogen) atoms. The maximum Gasteiger partial charge on any atom is 0.208 e. The average Bonchev–Trinajstić information content (AvgIpc) is 3.43. The minimum Gasteiger partial charge on any atom is -0.504 e. The lowest BCUT2D eigenvalue weighted by Gasteiger charge is -2.13. The Morgan fingerprint density at radius 3 is 1.53 bits per heavy atom. The number of fused-ring (bicyclic) bond motifs is 3. The smallest absolute Gasteiger partial charge is 0.208 e. The van der Waals surface area contributed by atoms with Crippen molar-refractivity contribution < 1.29 is 29.9 Å². The Morgan fingerprint density at radius 2 is 0.907 bits per heavy atom. The van der Waals surface area contributed by atoms with E-state index in [1.54, 1.807) is 24.3 Å². The minimum absolute atomic E-state index is 0.181. The number of hydrogen-bond donors (Lipinski definition) is 6. The molecule has 0 spiro atoms. The molecule has 0 aliphatic rings. The summed E-state index contributed by atoms with van der Waals surface area (Å²) >= 11 is 0. The molecule has 7 aromatic rings. The van der Waals surface area contributed by atoms with E-state index >= 15 is 0 Å². The van der Waals surface area contributed by atoms with Crippen LogP contribution in [0.5, 0.6) is 28.7 Å². The Morgan fingerprint density at radius 1 is 0.419 bits per heavy atom. The van der Waals surface area contributed by atoms with Crippen molar-refractivity contribution in [2.75, 3.05) is 5.32 Å². The molecule has 1 heterocycles. The van der Waals surface area contributed by atoms with Crippen molar-refractivity contribution in [2.45, 2.75) is 0 Å². The number of furan rings is 1. The lowest BCUT2D eigenvalue weighted by molar-refractivity contribution is 0.330. The highest BCUT2D eigenvalue weighted by molar-refractivity contribution is 6.09. The fourth-order valence-electron chi connectivity index (χ4n) is 5.41. The fraction of sp³-hybridized carbons (Fsp3) is 0. The van der Waals surface area contributed by atoms with E-state index in [1.165, 1.54) is 0 Å². The predicted octanol–water partition coefficient (Wildman–Crippen LogP) is 8.86. The van der Waals surface area contributed by atoms with Crippen LogP contribution in [0.4, 0.5) is 11.4 Å². The number of phenols is 5. The van der Waals surface area contributed by atoms with E-state index in [9.17, 15) is 25.5 Å². The van der Waals surface area contributed by atoms with Gasteiger partial charge < -0.3 is 35.3 Å². The summed E-state index contributed by atoms with van der Waals surface area (Å²) in [7, 11) is 0. The van der Waals surface area contributed by atoms with Gasteiger partial charge in [0, 0.05) is 27.7 Å². The van der Waals surface area contributed by atoms with Gasteiger partial charge in [-0.1, -0.05) is 84.9 Å². The fourth-order valence-corrected chi connectivity index (χ4v) is 5.41. The maximum absolute atomic E-state index is 10.2. The number of anilines is 2. The second-order valence-electron chi connectivity index (χ2n) is 10.3. The molecule has 0 aliphatic heterocycles. The number of aromatic hydroxyl groups is 5. The van der Waals surface area contributed by atoms with Gasteiger partial charge >= 0.3 is 0 Å². The molecule has 7 heteroatoms. The second-order valence-corrected chi connectivity index (χ2v) is 10.3. The quantitative estimate of drug-likeness (QED) is 0.0906. The first-order chi connectivity index (χ1) is 20.9. The van der Waals surface area contributed by atoms with Crippen molar-refractivity contribution in [3.63, 3.8) is 0 Å². The van der Waals surface area contributed by atoms with E-state index < -0.39 is 28.7 Å². The molecule has 6 aromatic carbocycles. The molecule has 0 bridgehead atoms. The van der Waals surface area contributed by atoms with Crippen LogP contribution in [0.15, 0.2) is 120 Å². The Balaban J connectivity index is 1.09. The van der Waals surface area contributed by atoms with Crippen LogP contribution in [0.3, 0.4) is 0 Å². The summed E-state index contributed by atoms with van der Waals surface area (Å²) < 4.78 is 6.20. The largest absolute Gasteiger partial charge is 0.504 e. The predicted molar refractivity (Wildman–Crippen MR) is 168 cm³/mol. The summed E-state index contributed by atoms with van der Waals surface area (Å²) in [5.41, 5.74) is 7.70. The van der Waals surface area contributed by atoms with E-state index in [0.717, 1.165) is 55.6 Å². The van der Waals surface area contributed by atoms with Crippen LogP contribution < -0.4 is 5.32 Å². The number of rotatable bonds is 5. The molecule has 1 aromatic heterocycles. The third-order valence-corrected chi connectivity index (χ3v) is 7.65. The van der Waals surface area contributed by atoms with Gasteiger partial charge in [0.05, 0.1) is 5.56 Å². The lowest BCUT2D eigenvalue weighted by Crippen LogP contribution is -1.90. The molecular formula is C36H25NO6. The van der Waals surface area contributed by atoms with E-state index in [0.29, 0.717) is 5.56 Å². The van der Waals surface area contributed by atoms with Crippen molar-refractivity contribution >= 4 is 33.3 Å². The molecule has 0 amide bonds. The Bertz CT molecular complexity index is 2100. The first-order valence-corrected chi connectivity index (χ1v) is 13.6. The summed E-state index contributed by atoms with van der Waals surface area (Å²) in [6.07, 6.45) is 0. The third kappa shape index (κ3) is 4.40. The summed E-state index contributed by atoms with van der Waals surface area (Å²) in [6.45, 7) is 0. The number of phenolic OH excluding ortho intramolecular Hbond substituents is 5. The monoisotopic (exact) mass is 567 g/mol. The number of hydrogen-bond acceptors (Lipinski definition) is 7. The van der Waals surface area contributed by atoms with E-state index in [1.807, 2.05) is 54.6 Å². The van der Waals surface area contributed by atoms with Crippen LogP contribution in [-0.2, 0) is 0 Å². The third-order valence-electron chi connectivity index (χ3n) is 7.65. The van der Waals surface area contributed by atoms with Crippen LogP contribution in [0.25, 0.3) is 55.3 Å². The van der Waals surface area contributed by atoms with Crippen LogP contribution in [0, 0.1) is 0 Å². The Labute approximate surface area is 245 Å². The Kier molecular flexibility index (Phi) is 6.06. The molecular weight excluding hydrogens is 542 g/mol. The molecule has 7 rings (SSSR count). The van der Waals surface area contributed by atoms with Crippen molar-refractivity contribution in [3.05, 3.63) is 115 Å². The van der Waals surface area contributed by atoms with Gasteiger partial charge in [0.15, 0.2) is 11.5 Å². The molecule has 0 unspecified atom stereocenters. The highest BCUT2D eigenvalue weighted by atomic mass is 16.4. The molecule has 0 saturated carbocycles. The van der Waals surface area contributed by atoms with E-state index in [-0.39, 0.29) is 5.56 Å². The normalized spacial score (nSPS) is 11.3. The first-order valence-electron chi connectivity index (χ1n) is 13.6. The summed E-state index contributed by atoms with van der Waals surface area (Å²) in [4.78, 5) is 0. The zero-order valence-electron chi connectivity index (χ0n) is 22.6. The summed E-state index contributed by atoms with van der Waals surface area (Å²) in [6, 6.07) is 37.2. The molecule has 0 aliphatic carbocycles. The van der Waals surface area contributed by atoms with Crippen molar-refractivity contribution in [2.24, 2.45) is 0 Å². The van der Waals surface area contributed by atoms with Gasteiger partial charge in [-0.05, 0) is 52.6 Å². The molecule has 7 nitrogen and oxygen atoms in total. The van der Waals surface area contributed by atoms with Crippen LogP contribution in [0.2, 0.25) is 0 Å². The minimum atomic E-state index is -0.986. The van der Waals surface area contributed by atoms with Gasteiger partial charge in [0.1, 0.15) is 11.2 Å². The van der Waals surface area contributed by atoms with Crippen LogP contribution >= 0.6 is 0 Å². The topological polar surface area (TPSA) is 126 Å². The number of nitrogens with one attached hydrogen (secondary N) is 1. The SMILES string of the molecule is Oc1c(O)c(O)c(-c2ccc(-c3ccc(Nc4ccc(-c5cccc6c5oc5ccccc56)cc4)cc3)cc2)c(O)c1O. The lowest BCUT2D eigenvalue weighted by atomic mass is 9.98. The molecule has 0 saturated heterocycles. The van der Waals surface area contributed by atoms with Crippen LogP contribution in [0.1, 0.15) is 0 Å². The zero-order valence-corrected chi connectivity index (χ0v) is 22.6. The maximum atomic E-state index is 10.2. The van der Waals surface area contributed by atoms with E-state index in [4.69, 9.17) is 4.42 Å². The van der Waals surface area contributed by atoms with Gasteiger partial charge in [0.2, 0.25) is 17.2 Å². The Hall–Kier alpha value is -6.08. The highest BCUT2D eigenvalue weighted by Crippen LogP contribution is 2.54. The van der Waals surface area contributed by atoms with Gasteiger partial charge in [-0.15, -0.1) is 0 Å². The van der Waals surface area contributed by atoms with Gasteiger partial charge in [-0.2, -0.15) is 0 Å². The van der Waals surface area contributed by atoms with Crippen LogP contribution in [-0.4, -0.2) is 25.5 Å². The highest BCUT2D eigenvalue weighted by Gasteiger charge is 2.24. The standard InChI is InChI=1S/C36H25NO6/c38-31-30(32(39)34(41)35(42)33(31)40)23-10-8-20(9-11-23)21-12-16-24(17-13-21)37-25-18-14-22(15-19-25)26-5-3-6-28-27-4-1-2-7-29(27)43-36(26)28/h1-19,37-42H. The molecule has 6 N–H and O–H groups in total. The van der Waals surface area contributed by atoms with Crippen molar-refractivity contribution in [3.8, 4) is 62.1 Å². The van der Waals surface area contributed by atoms with Crippen molar-refractivity contribution in [1.82, 2.24) is 0 Å². The number of para-hydroxylation sites is 2. The molecule has 0 atom stereocenters. The first kappa shape index (κ1) is 25.9. The second kappa shape index (κ2) is 10.1. The zero-order chi connectivity index (χ0) is 29.7. The molecule has 210 valence electrons. The van der Waals surface area contributed by atoms with Crippen molar-refractivity contribution in [1.29, 1.82) is 0 Å².